The molecule has 0 radical (unpaired) electrons. The highest BCUT2D eigenvalue weighted by atomic mass is 16.2. The van der Waals surface area contributed by atoms with Crippen molar-refractivity contribution in [3.05, 3.63) is 60.2 Å². The van der Waals surface area contributed by atoms with Crippen LogP contribution in [0.4, 0.5) is 4.79 Å². The lowest BCUT2D eigenvalue weighted by Crippen LogP contribution is -2.58. The molecule has 2 aliphatic heterocycles. The van der Waals surface area contributed by atoms with E-state index >= 15 is 0 Å². The first-order valence-electron chi connectivity index (χ1n) is 11.1. The van der Waals surface area contributed by atoms with E-state index in [9.17, 15) is 19.2 Å². The van der Waals surface area contributed by atoms with Gasteiger partial charge in [-0.2, -0.15) is 0 Å². The van der Waals surface area contributed by atoms with Crippen molar-refractivity contribution in [2.75, 3.05) is 19.6 Å². The summed E-state index contributed by atoms with van der Waals surface area (Å²) in [4.78, 5) is 52.7. The first-order chi connectivity index (χ1) is 15.8. The van der Waals surface area contributed by atoms with E-state index in [0.29, 0.717) is 19.5 Å². The molecule has 2 aromatic carbocycles. The van der Waals surface area contributed by atoms with Gasteiger partial charge in [-0.3, -0.25) is 19.3 Å². The molecule has 2 heterocycles. The van der Waals surface area contributed by atoms with Crippen LogP contribution in [0.15, 0.2) is 54.6 Å². The fraction of sp³-hybridized carbons (Fsp3) is 0.360. The number of benzene rings is 2. The van der Waals surface area contributed by atoms with E-state index < -0.39 is 17.6 Å². The summed E-state index contributed by atoms with van der Waals surface area (Å²) in [6, 6.07) is 16.9. The second-order valence-electron chi connectivity index (χ2n) is 8.92. The van der Waals surface area contributed by atoms with Gasteiger partial charge in [0.25, 0.3) is 5.91 Å². The number of nitrogens with one attached hydrogen (secondary N) is 2. The Bertz CT molecular complexity index is 1070. The fourth-order valence-corrected chi connectivity index (χ4v) is 4.28. The second-order valence-corrected chi connectivity index (χ2v) is 8.92. The summed E-state index contributed by atoms with van der Waals surface area (Å²) in [6.07, 6.45) is 0.370. The summed E-state index contributed by atoms with van der Waals surface area (Å²) < 4.78 is 0. The number of hydrogen-bond acceptors (Lipinski definition) is 4. The molecule has 0 saturated carbocycles. The molecule has 8 nitrogen and oxygen atoms in total. The lowest BCUT2D eigenvalue weighted by Gasteiger charge is -2.35. The van der Waals surface area contributed by atoms with Crippen LogP contribution in [-0.2, 0) is 20.8 Å². The van der Waals surface area contributed by atoms with Crippen molar-refractivity contribution in [2.24, 2.45) is 0 Å². The van der Waals surface area contributed by atoms with Crippen LogP contribution in [0.1, 0.15) is 25.8 Å². The van der Waals surface area contributed by atoms with Crippen LogP contribution >= 0.6 is 0 Å². The van der Waals surface area contributed by atoms with Gasteiger partial charge in [-0.25, -0.2) is 4.79 Å². The van der Waals surface area contributed by atoms with Crippen molar-refractivity contribution in [2.45, 2.75) is 38.3 Å². The Morgan fingerprint density at radius 1 is 1.00 bits per heavy atom. The van der Waals surface area contributed by atoms with E-state index in [0.717, 1.165) is 21.6 Å². The topological polar surface area (TPSA) is 98.8 Å². The molecular weight excluding hydrogens is 420 g/mol. The zero-order valence-corrected chi connectivity index (χ0v) is 18.8. The van der Waals surface area contributed by atoms with Crippen LogP contribution < -0.4 is 10.6 Å². The number of rotatable bonds is 6. The SMILES string of the molecule is CC1(C)NC(=O)N(CCC(=O)N2CCNC(=O)C2Cc2ccc(-c3ccccc3)cc2)C1=O. The van der Waals surface area contributed by atoms with Crippen LogP contribution in [-0.4, -0.2) is 64.8 Å². The smallest absolute Gasteiger partial charge is 0.325 e. The Kier molecular flexibility index (Phi) is 6.18. The minimum atomic E-state index is -0.973. The predicted octanol–water partition coefficient (Wildman–Crippen LogP) is 1.94. The summed E-state index contributed by atoms with van der Waals surface area (Å²) in [5.74, 6) is -0.800. The highest BCUT2D eigenvalue weighted by Crippen LogP contribution is 2.22. The molecule has 0 aromatic heterocycles. The average Bonchev–Trinajstić information content (AvgIpc) is 3.00. The van der Waals surface area contributed by atoms with E-state index in [-0.39, 0.29) is 30.7 Å². The molecule has 5 amide bonds. The van der Waals surface area contributed by atoms with E-state index in [1.54, 1.807) is 18.7 Å². The molecule has 0 spiro atoms. The zero-order valence-electron chi connectivity index (χ0n) is 18.8. The largest absolute Gasteiger partial charge is 0.353 e. The molecule has 4 rings (SSSR count). The predicted molar refractivity (Wildman–Crippen MR) is 123 cm³/mol. The number of imide groups is 1. The van der Waals surface area contributed by atoms with Crippen LogP contribution in [0.2, 0.25) is 0 Å². The summed E-state index contributed by atoms with van der Waals surface area (Å²) in [5.41, 5.74) is 2.17. The zero-order chi connectivity index (χ0) is 23.6. The van der Waals surface area contributed by atoms with Gasteiger partial charge in [0.2, 0.25) is 11.8 Å². The molecule has 33 heavy (non-hydrogen) atoms. The minimum absolute atomic E-state index is 0.0104. The molecule has 2 saturated heterocycles. The minimum Gasteiger partial charge on any atom is -0.353 e. The molecule has 1 atom stereocenters. The number of nitrogens with zero attached hydrogens (tertiary/aromatic N) is 2. The monoisotopic (exact) mass is 448 g/mol. The van der Waals surface area contributed by atoms with Crippen molar-refractivity contribution in [3.8, 4) is 11.1 Å². The third-order valence-electron chi connectivity index (χ3n) is 6.13. The maximum absolute atomic E-state index is 13.0. The van der Waals surface area contributed by atoms with E-state index in [1.807, 2.05) is 54.6 Å². The Morgan fingerprint density at radius 3 is 2.30 bits per heavy atom. The highest BCUT2D eigenvalue weighted by Gasteiger charge is 2.44. The number of piperazine rings is 1. The molecule has 2 fully saturated rings. The van der Waals surface area contributed by atoms with E-state index in [1.165, 1.54) is 0 Å². The Morgan fingerprint density at radius 2 is 1.67 bits per heavy atom. The van der Waals surface area contributed by atoms with Gasteiger partial charge in [0.15, 0.2) is 0 Å². The van der Waals surface area contributed by atoms with Gasteiger partial charge in [-0.1, -0.05) is 54.6 Å². The number of carbonyl (C=O) groups excluding carboxylic acids is 4. The maximum atomic E-state index is 13.0. The number of carbonyl (C=O) groups is 4. The third kappa shape index (κ3) is 4.74. The van der Waals surface area contributed by atoms with Crippen LogP contribution in [0, 0.1) is 0 Å². The Balaban J connectivity index is 1.42. The molecule has 2 N–H and O–H groups in total. The Hall–Kier alpha value is -3.68. The average molecular weight is 449 g/mol. The molecule has 172 valence electrons. The maximum Gasteiger partial charge on any atom is 0.325 e. The lowest BCUT2D eigenvalue weighted by atomic mass is 9.98. The van der Waals surface area contributed by atoms with Crippen molar-refractivity contribution >= 4 is 23.8 Å². The first kappa shape index (κ1) is 22.5. The fourth-order valence-electron chi connectivity index (χ4n) is 4.28. The standard InChI is InChI=1S/C25H28N4O4/c1-25(2)23(32)29(24(33)27-25)14-12-21(30)28-15-13-26-22(31)20(28)16-17-8-10-19(11-9-17)18-6-4-3-5-7-18/h3-11,20H,12-16H2,1-2H3,(H,26,31)(H,27,33). The van der Waals surface area contributed by atoms with Gasteiger partial charge in [0, 0.05) is 32.5 Å². The summed E-state index contributed by atoms with van der Waals surface area (Å²) in [7, 11) is 0. The normalized spacial score (nSPS) is 19.9. The highest BCUT2D eigenvalue weighted by molar-refractivity contribution is 6.06. The molecule has 0 bridgehead atoms. The first-order valence-corrected chi connectivity index (χ1v) is 11.1. The van der Waals surface area contributed by atoms with Crippen molar-refractivity contribution in [3.63, 3.8) is 0 Å². The number of urea groups is 1. The van der Waals surface area contributed by atoms with Crippen LogP contribution in [0.5, 0.6) is 0 Å². The van der Waals surface area contributed by atoms with Gasteiger partial charge >= 0.3 is 6.03 Å². The van der Waals surface area contributed by atoms with Crippen molar-refractivity contribution < 1.29 is 19.2 Å². The van der Waals surface area contributed by atoms with Gasteiger partial charge in [0.1, 0.15) is 11.6 Å². The van der Waals surface area contributed by atoms with Gasteiger partial charge in [-0.15, -0.1) is 0 Å². The van der Waals surface area contributed by atoms with Gasteiger partial charge in [-0.05, 0) is 30.5 Å². The van der Waals surface area contributed by atoms with Crippen molar-refractivity contribution in [1.82, 2.24) is 20.4 Å². The molecule has 2 aromatic rings. The van der Waals surface area contributed by atoms with E-state index in [4.69, 9.17) is 0 Å². The summed E-state index contributed by atoms with van der Waals surface area (Å²) >= 11 is 0. The molecule has 2 aliphatic rings. The Labute approximate surface area is 192 Å². The quantitative estimate of drug-likeness (QED) is 0.660. The van der Waals surface area contributed by atoms with Gasteiger partial charge < -0.3 is 15.5 Å². The van der Waals surface area contributed by atoms with Crippen LogP contribution in [0.3, 0.4) is 0 Å². The number of hydrogen-bond donors (Lipinski definition) is 2. The lowest BCUT2D eigenvalue weighted by molar-refractivity contribution is -0.143. The van der Waals surface area contributed by atoms with E-state index in [2.05, 4.69) is 10.6 Å². The van der Waals surface area contributed by atoms with Gasteiger partial charge in [0.05, 0.1) is 0 Å². The summed E-state index contributed by atoms with van der Waals surface area (Å²) in [5, 5.41) is 5.44. The molecule has 8 heteroatoms. The molecular formula is C25H28N4O4. The second kappa shape index (κ2) is 9.05. The number of amides is 5. The third-order valence-corrected chi connectivity index (χ3v) is 6.13. The van der Waals surface area contributed by atoms with Crippen LogP contribution in [0.25, 0.3) is 11.1 Å². The molecule has 0 aliphatic carbocycles. The molecule has 1 unspecified atom stereocenters. The summed E-state index contributed by atoms with van der Waals surface area (Å²) in [6.45, 7) is 4.02. The van der Waals surface area contributed by atoms with Crippen molar-refractivity contribution in [1.29, 1.82) is 0 Å².